The molecule has 2 rings (SSSR count). The first-order valence-corrected chi connectivity index (χ1v) is 7.72. The molecule has 1 aliphatic heterocycles. The van der Waals surface area contributed by atoms with Crippen LogP contribution in [-0.2, 0) is 0 Å². The number of halogens is 1. The van der Waals surface area contributed by atoms with Crippen LogP contribution in [0, 0.1) is 0 Å². The van der Waals surface area contributed by atoms with E-state index in [-0.39, 0.29) is 23.7 Å². The van der Waals surface area contributed by atoms with Crippen LogP contribution < -0.4 is 0 Å². The molecule has 1 heterocycles. The van der Waals surface area contributed by atoms with E-state index in [9.17, 15) is 4.79 Å². The highest BCUT2D eigenvalue weighted by Crippen LogP contribution is 2.25. The summed E-state index contributed by atoms with van der Waals surface area (Å²) in [4.78, 5) is 16.1. The van der Waals surface area contributed by atoms with Crippen LogP contribution in [0.2, 0.25) is 0 Å². The summed E-state index contributed by atoms with van der Waals surface area (Å²) in [6.45, 7) is 6.18. The summed E-state index contributed by atoms with van der Waals surface area (Å²) in [5.74, 6) is 0.233. The molecule has 2 nitrogen and oxygen atoms in total. The van der Waals surface area contributed by atoms with Crippen molar-refractivity contribution in [2.24, 2.45) is 0 Å². The van der Waals surface area contributed by atoms with Crippen LogP contribution in [0.5, 0.6) is 0 Å². The van der Waals surface area contributed by atoms with Crippen molar-refractivity contribution in [3.05, 3.63) is 29.8 Å². The zero-order valence-corrected chi connectivity index (χ0v) is 13.4. The molecule has 0 unspecified atom stereocenters. The van der Waals surface area contributed by atoms with Gasteiger partial charge in [0.05, 0.1) is 5.54 Å². The Labute approximate surface area is 126 Å². The summed E-state index contributed by atoms with van der Waals surface area (Å²) < 4.78 is 0. The lowest BCUT2D eigenvalue weighted by atomic mass is 9.91. The van der Waals surface area contributed by atoms with E-state index in [4.69, 9.17) is 0 Å². The largest absolute Gasteiger partial charge is 0.292 e. The first-order chi connectivity index (χ1) is 8.55. The molecule has 1 saturated heterocycles. The zero-order valence-electron chi connectivity index (χ0n) is 11.8. The van der Waals surface area contributed by atoms with Gasteiger partial charge in [0, 0.05) is 10.5 Å². The Balaban J connectivity index is 0.00000180. The van der Waals surface area contributed by atoms with Gasteiger partial charge in [0.15, 0.2) is 5.78 Å². The number of nitrogens with zero attached hydrogens (tertiary/aromatic N) is 1. The van der Waals surface area contributed by atoms with Crippen molar-refractivity contribution in [2.45, 2.75) is 37.1 Å². The maximum Gasteiger partial charge on any atom is 0.182 e. The Morgan fingerprint density at radius 1 is 1.16 bits per heavy atom. The molecule has 1 aromatic rings. The third-order valence-corrected chi connectivity index (χ3v) is 4.55. The van der Waals surface area contributed by atoms with Crippen molar-refractivity contribution in [1.82, 2.24) is 4.90 Å². The van der Waals surface area contributed by atoms with Crippen molar-refractivity contribution in [3.63, 3.8) is 0 Å². The van der Waals surface area contributed by atoms with Crippen LogP contribution in [0.4, 0.5) is 0 Å². The minimum absolute atomic E-state index is 0. The van der Waals surface area contributed by atoms with Crippen molar-refractivity contribution in [3.8, 4) is 0 Å². The molecule has 0 atom stereocenters. The van der Waals surface area contributed by atoms with Gasteiger partial charge in [0.1, 0.15) is 0 Å². The van der Waals surface area contributed by atoms with Gasteiger partial charge in [-0.05, 0) is 58.2 Å². The maximum atomic E-state index is 12.6. The Morgan fingerprint density at radius 3 is 2.16 bits per heavy atom. The monoisotopic (exact) mass is 299 g/mol. The smallest absolute Gasteiger partial charge is 0.182 e. The number of ketones is 1. The molecule has 0 N–H and O–H groups in total. The van der Waals surface area contributed by atoms with Crippen LogP contribution in [0.15, 0.2) is 29.2 Å². The number of hydrogen-bond acceptors (Lipinski definition) is 3. The number of thioether (sulfide) groups is 1. The van der Waals surface area contributed by atoms with Crippen LogP contribution in [0.25, 0.3) is 0 Å². The number of hydrogen-bond donors (Lipinski definition) is 0. The van der Waals surface area contributed by atoms with E-state index in [2.05, 4.69) is 4.90 Å². The highest BCUT2D eigenvalue weighted by molar-refractivity contribution is 7.98. The molecule has 0 radical (unpaired) electrons. The van der Waals surface area contributed by atoms with E-state index in [1.165, 1.54) is 17.7 Å². The predicted octanol–water partition coefficient (Wildman–Crippen LogP) is 3.89. The Bertz CT molecular complexity index is 424. The summed E-state index contributed by atoms with van der Waals surface area (Å²) in [5, 5.41) is 0. The molecular weight excluding hydrogens is 278 g/mol. The second kappa shape index (κ2) is 6.78. The number of carbonyl (C=O) groups is 1. The molecule has 0 aliphatic carbocycles. The Kier molecular flexibility index (Phi) is 5.90. The normalized spacial score (nSPS) is 16.2. The Morgan fingerprint density at radius 2 is 1.68 bits per heavy atom. The minimum Gasteiger partial charge on any atom is -0.292 e. The second-order valence-corrected chi connectivity index (χ2v) is 6.19. The summed E-state index contributed by atoms with van der Waals surface area (Å²) >= 11 is 1.70. The van der Waals surface area contributed by atoms with Crippen LogP contribution >= 0.6 is 24.2 Å². The molecule has 1 fully saturated rings. The summed E-state index contributed by atoms with van der Waals surface area (Å²) in [6.07, 6.45) is 4.47. The van der Waals surface area contributed by atoms with Gasteiger partial charge >= 0.3 is 0 Å². The SMILES string of the molecule is CSc1ccc(C(=O)C(C)(C)N2CCCC2)cc1.Cl. The van der Waals surface area contributed by atoms with Crippen molar-refractivity contribution in [1.29, 1.82) is 0 Å². The molecule has 0 aromatic heterocycles. The van der Waals surface area contributed by atoms with E-state index in [0.717, 1.165) is 18.7 Å². The molecule has 1 aromatic carbocycles. The van der Waals surface area contributed by atoms with E-state index in [1.54, 1.807) is 11.8 Å². The average Bonchev–Trinajstić information content (AvgIpc) is 2.92. The summed E-state index contributed by atoms with van der Waals surface area (Å²) in [6, 6.07) is 7.95. The standard InChI is InChI=1S/C15H21NOS.ClH/c1-15(2,16-10-4-5-11-16)14(17)12-6-8-13(18-3)9-7-12;/h6-9H,4-5,10-11H2,1-3H3;1H. The van der Waals surface area contributed by atoms with Crippen LogP contribution in [-0.4, -0.2) is 35.6 Å². The second-order valence-electron chi connectivity index (χ2n) is 5.31. The predicted molar refractivity (Wildman–Crippen MR) is 84.7 cm³/mol. The molecule has 0 amide bonds. The molecular formula is C15H22ClNOS. The fraction of sp³-hybridized carbons (Fsp3) is 0.533. The number of rotatable bonds is 4. The molecule has 1 aliphatic rings. The lowest BCUT2D eigenvalue weighted by molar-refractivity contribution is 0.0702. The number of benzene rings is 1. The Hall–Kier alpha value is -0.510. The van der Waals surface area contributed by atoms with Gasteiger partial charge in [-0.3, -0.25) is 9.69 Å². The van der Waals surface area contributed by atoms with Gasteiger partial charge in [-0.15, -0.1) is 24.2 Å². The van der Waals surface area contributed by atoms with Crippen molar-refractivity contribution in [2.75, 3.05) is 19.3 Å². The molecule has 0 bridgehead atoms. The van der Waals surface area contributed by atoms with E-state index in [1.807, 2.05) is 44.4 Å². The first-order valence-electron chi connectivity index (χ1n) is 6.49. The number of Topliss-reactive ketones (excluding diaryl/α,β-unsaturated/α-hetero) is 1. The fourth-order valence-corrected chi connectivity index (χ4v) is 2.92. The van der Waals surface area contributed by atoms with Crippen molar-refractivity contribution < 1.29 is 4.79 Å². The van der Waals surface area contributed by atoms with Crippen LogP contribution in [0.3, 0.4) is 0 Å². The first kappa shape index (κ1) is 16.5. The zero-order chi connectivity index (χ0) is 13.2. The fourth-order valence-electron chi connectivity index (χ4n) is 2.52. The van der Waals surface area contributed by atoms with Gasteiger partial charge in [-0.1, -0.05) is 12.1 Å². The molecule has 0 spiro atoms. The quantitative estimate of drug-likeness (QED) is 0.621. The van der Waals surface area contributed by atoms with E-state index >= 15 is 0 Å². The third-order valence-electron chi connectivity index (χ3n) is 3.80. The van der Waals surface area contributed by atoms with Gasteiger partial charge < -0.3 is 0 Å². The minimum atomic E-state index is -0.378. The topological polar surface area (TPSA) is 20.3 Å². The van der Waals surface area contributed by atoms with Crippen LogP contribution in [0.1, 0.15) is 37.0 Å². The lowest BCUT2D eigenvalue weighted by Gasteiger charge is -2.33. The van der Waals surface area contributed by atoms with Gasteiger partial charge in [0.2, 0.25) is 0 Å². The molecule has 106 valence electrons. The van der Waals surface area contributed by atoms with E-state index in [0.29, 0.717) is 0 Å². The molecule has 19 heavy (non-hydrogen) atoms. The van der Waals surface area contributed by atoms with Gasteiger partial charge in [-0.25, -0.2) is 0 Å². The maximum absolute atomic E-state index is 12.6. The van der Waals surface area contributed by atoms with Gasteiger partial charge in [-0.2, -0.15) is 0 Å². The third kappa shape index (κ3) is 3.53. The average molecular weight is 300 g/mol. The highest BCUT2D eigenvalue weighted by atomic mass is 35.5. The number of carbonyl (C=O) groups excluding carboxylic acids is 1. The van der Waals surface area contributed by atoms with Crippen molar-refractivity contribution >= 4 is 30.0 Å². The highest BCUT2D eigenvalue weighted by Gasteiger charge is 2.36. The number of likely N-dealkylation sites (tertiary alicyclic amines) is 1. The molecule has 0 saturated carbocycles. The summed E-state index contributed by atoms with van der Waals surface area (Å²) in [7, 11) is 0. The van der Waals surface area contributed by atoms with Gasteiger partial charge in [0.25, 0.3) is 0 Å². The lowest BCUT2D eigenvalue weighted by Crippen LogP contribution is -2.48. The van der Waals surface area contributed by atoms with E-state index < -0.39 is 0 Å². The molecule has 4 heteroatoms. The summed E-state index contributed by atoms with van der Waals surface area (Å²) in [5.41, 5.74) is 0.446.